The topological polar surface area (TPSA) is 35.5 Å². The van der Waals surface area contributed by atoms with Crippen LogP contribution in [0.25, 0.3) is 0 Å². The molecule has 0 aromatic rings. The molecule has 1 saturated heterocycles. The van der Waals surface area contributed by atoms with Gasteiger partial charge in [0.1, 0.15) is 0 Å². The maximum Gasteiger partial charge on any atom is 0.513 e. The van der Waals surface area contributed by atoms with Crippen LogP contribution in [-0.4, -0.2) is 13.2 Å². The van der Waals surface area contributed by atoms with Crippen molar-refractivity contribution in [3.63, 3.8) is 0 Å². The molecule has 0 radical (unpaired) electrons. The lowest BCUT2D eigenvalue weighted by atomic mass is 10.8. The molecule has 0 aromatic carbocycles. The van der Waals surface area contributed by atoms with E-state index in [1.165, 1.54) is 0 Å². The highest BCUT2D eigenvalue weighted by atomic mass is 31.2. The van der Waals surface area contributed by atoms with Crippen molar-refractivity contribution in [2.45, 2.75) is 0 Å². The van der Waals surface area contributed by atoms with Gasteiger partial charge in [0.2, 0.25) is 0 Å². The van der Waals surface area contributed by atoms with Crippen molar-refractivity contribution in [2.24, 2.45) is 0 Å². The van der Waals surface area contributed by atoms with Gasteiger partial charge >= 0.3 is 7.91 Å². The van der Waals surface area contributed by atoms with E-state index < -0.39 is 7.91 Å². The van der Waals surface area contributed by atoms with Crippen molar-refractivity contribution in [1.82, 2.24) is 0 Å². The molecule has 1 heterocycles. The van der Waals surface area contributed by atoms with Crippen LogP contribution in [0.3, 0.4) is 0 Å². The van der Waals surface area contributed by atoms with Crippen LogP contribution < -0.4 is 0 Å². The molecule has 0 saturated carbocycles. The fourth-order valence-electron chi connectivity index (χ4n) is 0.330. The van der Waals surface area contributed by atoms with E-state index in [9.17, 15) is 8.76 Å². The first-order valence-electron chi connectivity index (χ1n) is 1.79. The first kappa shape index (κ1) is 5.22. The summed E-state index contributed by atoms with van der Waals surface area (Å²) in [6, 6.07) is 0. The fraction of sp³-hybridized carbons (Fsp3) is 1.00. The first-order valence-corrected chi connectivity index (χ1v) is 3.23. The predicted octanol–water partition coefficient (Wildman–Crippen LogP) is 1.11. The van der Waals surface area contributed by atoms with E-state index in [1.54, 1.807) is 0 Å². The molecule has 1 aliphatic heterocycles. The second-order valence-electron chi connectivity index (χ2n) is 1.10. The highest BCUT2D eigenvalue weighted by molar-refractivity contribution is 7.48. The van der Waals surface area contributed by atoms with Gasteiger partial charge in [0.15, 0.2) is 0 Å². The summed E-state index contributed by atoms with van der Waals surface area (Å²) in [5, 5.41) is 0. The van der Waals surface area contributed by atoms with Crippen LogP contribution in [0.15, 0.2) is 0 Å². The van der Waals surface area contributed by atoms with Crippen LogP contribution >= 0.6 is 7.91 Å². The lowest BCUT2D eigenvalue weighted by Crippen LogP contribution is -1.79. The van der Waals surface area contributed by atoms with Gasteiger partial charge in [-0.05, 0) is 0 Å². The molecule has 5 heteroatoms. The Kier molecular flexibility index (Phi) is 1.15. The summed E-state index contributed by atoms with van der Waals surface area (Å²) in [6.45, 7) is 0.210. The zero-order chi connectivity index (χ0) is 5.33. The zero-order valence-electron chi connectivity index (χ0n) is 3.46. The lowest BCUT2D eigenvalue weighted by molar-refractivity contribution is 0.305. The van der Waals surface area contributed by atoms with Crippen LogP contribution in [0.2, 0.25) is 0 Å². The third-order valence-corrected chi connectivity index (χ3v) is 1.56. The van der Waals surface area contributed by atoms with Crippen molar-refractivity contribution < 1.29 is 17.8 Å². The minimum absolute atomic E-state index is 0.105. The Morgan fingerprint density at radius 3 is 2.00 bits per heavy atom. The Morgan fingerprint density at radius 1 is 1.43 bits per heavy atom. The van der Waals surface area contributed by atoms with Crippen molar-refractivity contribution in [3.05, 3.63) is 0 Å². The van der Waals surface area contributed by atoms with Gasteiger partial charge in [0.05, 0.1) is 13.2 Å². The number of hydrogen-bond acceptors (Lipinski definition) is 3. The maximum absolute atomic E-state index is 11.7. The molecule has 0 N–H and O–H groups in total. The number of hydrogen-bond donors (Lipinski definition) is 0. The van der Waals surface area contributed by atoms with Gasteiger partial charge in [-0.25, -0.2) is 4.57 Å². The molecule has 0 spiro atoms. The van der Waals surface area contributed by atoms with Gasteiger partial charge < -0.3 is 0 Å². The molecule has 1 fully saturated rings. The molecule has 0 bridgehead atoms. The number of halogens is 1. The van der Waals surface area contributed by atoms with Gasteiger partial charge in [0.25, 0.3) is 0 Å². The van der Waals surface area contributed by atoms with Gasteiger partial charge in [-0.2, -0.15) is 0 Å². The quantitative estimate of drug-likeness (QED) is 0.456. The molecule has 1 rings (SSSR count). The molecule has 0 aliphatic carbocycles. The molecule has 0 amide bonds. The van der Waals surface area contributed by atoms with Crippen LogP contribution in [0, 0.1) is 0 Å². The highest BCUT2D eigenvalue weighted by Gasteiger charge is 2.29. The van der Waals surface area contributed by atoms with E-state index in [2.05, 4.69) is 9.05 Å². The predicted molar refractivity (Wildman–Crippen MR) is 20.6 cm³/mol. The zero-order valence-corrected chi connectivity index (χ0v) is 4.36. The normalized spacial score (nSPS) is 28.1. The van der Waals surface area contributed by atoms with Crippen LogP contribution in [0.4, 0.5) is 4.20 Å². The van der Waals surface area contributed by atoms with Crippen LogP contribution in [-0.2, 0) is 13.6 Å². The summed E-state index contributed by atoms with van der Waals surface area (Å²) >= 11 is 0. The van der Waals surface area contributed by atoms with Crippen molar-refractivity contribution >= 4 is 7.91 Å². The molecule has 42 valence electrons. The summed E-state index contributed by atoms with van der Waals surface area (Å²) in [5.74, 6) is 0. The number of rotatable bonds is 0. The Balaban J connectivity index is 2.57. The van der Waals surface area contributed by atoms with Gasteiger partial charge in [-0.1, -0.05) is 0 Å². The average Bonchev–Trinajstić information content (AvgIpc) is 1.84. The third kappa shape index (κ3) is 1.23. The monoisotopic (exact) mass is 126 g/mol. The first-order chi connectivity index (χ1) is 3.21. The summed E-state index contributed by atoms with van der Waals surface area (Å²) < 4.78 is 29.6. The fourth-order valence-corrected chi connectivity index (χ4v) is 0.990. The molecule has 0 aromatic heterocycles. The minimum Gasteiger partial charge on any atom is -0.281 e. The van der Waals surface area contributed by atoms with Crippen LogP contribution in [0.1, 0.15) is 0 Å². The van der Waals surface area contributed by atoms with Gasteiger partial charge in [0, 0.05) is 0 Å². The summed E-state index contributed by atoms with van der Waals surface area (Å²) in [5.41, 5.74) is 0. The SMILES string of the molecule is O=P1(F)OCCO1. The molecule has 7 heavy (non-hydrogen) atoms. The van der Waals surface area contributed by atoms with E-state index in [1.807, 2.05) is 0 Å². The Bertz CT molecular complexity index is 104. The van der Waals surface area contributed by atoms with Crippen molar-refractivity contribution in [3.8, 4) is 0 Å². The molecular weight excluding hydrogens is 122 g/mol. The van der Waals surface area contributed by atoms with Gasteiger partial charge in [-0.3, -0.25) is 9.05 Å². The maximum atomic E-state index is 11.7. The molecule has 0 unspecified atom stereocenters. The Hall–Kier alpha value is 0.0800. The smallest absolute Gasteiger partial charge is 0.281 e. The Morgan fingerprint density at radius 2 is 1.86 bits per heavy atom. The molecule has 3 nitrogen and oxygen atoms in total. The minimum atomic E-state index is -4.04. The van der Waals surface area contributed by atoms with E-state index in [-0.39, 0.29) is 13.2 Å². The van der Waals surface area contributed by atoms with E-state index in [4.69, 9.17) is 0 Å². The lowest BCUT2D eigenvalue weighted by Gasteiger charge is -1.90. The largest absolute Gasteiger partial charge is 0.513 e. The highest BCUT2D eigenvalue weighted by Crippen LogP contribution is 2.52. The van der Waals surface area contributed by atoms with Crippen LogP contribution in [0.5, 0.6) is 0 Å². The molecule has 1 aliphatic rings. The van der Waals surface area contributed by atoms with E-state index >= 15 is 0 Å². The third-order valence-electron chi connectivity index (χ3n) is 0.574. The second kappa shape index (κ2) is 1.54. The summed E-state index contributed by atoms with van der Waals surface area (Å²) in [6.07, 6.45) is 0. The van der Waals surface area contributed by atoms with Crippen molar-refractivity contribution in [1.29, 1.82) is 0 Å². The molecule has 0 atom stereocenters. The van der Waals surface area contributed by atoms with Crippen molar-refractivity contribution in [2.75, 3.05) is 13.2 Å². The van der Waals surface area contributed by atoms with E-state index in [0.717, 1.165) is 0 Å². The standard InChI is InChI=1S/C2H4FO3P/c3-7(4)5-1-2-6-7/h1-2H2. The Labute approximate surface area is 40.1 Å². The summed E-state index contributed by atoms with van der Waals surface area (Å²) in [7, 11) is -4.04. The summed E-state index contributed by atoms with van der Waals surface area (Å²) in [4.78, 5) is 0. The second-order valence-corrected chi connectivity index (χ2v) is 2.47. The average molecular weight is 126 g/mol. The van der Waals surface area contributed by atoms with E-state index in [0.29, 0.717) is 0 Å². The van der Waals surface area contributed by atoms with Gasteiger partial charge in [-0.15, -0.1) is 4.20 Å². The molecular formula is C2H4FO3P.